The zero-order valence-electron chi connectivity index (χ0n) is 13.9. The lowest BCUT2D eigenvalue weighted by Gasteiger charge is -2.32. The minimum absolute atomic E-state index is 0.607. The third-order valence-corrected chi connectivity index (χ3v) is 5.01. The molecule has 0 aliphatic carbocycles. The summed E-state index contributed by atoms with van der Waals surface area (Å²) in [6.07, 6.45) is 6.72. The summed E-state index contributed by atoms with van der Waals surface area (Å²) in [6.45, 7) is 5.30. The molecule has 1 N–H and O–H groups in total. The van der Waals surface area contributed by atoms with E-state index in [-0.39, 0.29) is 0 Å². The molecule has 0 radical (unpaired) electrons. The van der Waals surface area contributed by atoms with Crippen molar-refractivity contribution in [3.63, 3.8) is 0 Å². The van der Waals surface area contributed by atoms with E-state index in [4.69, 9.17) is 0 Å². The van der Waals surface area contributed by atoms with Crippen LogP contribution in [-0.4, -0.2) is 49.0 Å². The lowest BCUT2D eigenvalue weighted by atomic mass is 10.0. The van der Waals surface area contributed by atoms with Crippen LogP contribution < -0.4 is 5.32 Å². The maximum atomic E-state index is 4.43. The third kappa shape index (κ3) is 5.09. The number of nitrogens with one attached hydrogen (secondary N) is 1. The van der Waals surface area contributed by atoms with Crippen molar-refractivity contribution in [1.29, 1.82) is 0 Å². The number of aliphatic imine (C=N–C) groups is 1. The van der Waals surface area contributed by atoms with E-state index in [2.05, 4.69) is 64.8 Å². The van der Waals surface area contributed by atoms with Crippen LogP contribution in [0.2, 0.25) is 0 Å². The average molecular weight is 318 g/mol. The molecule has 0 bridgehead atoms. The molecule has 1 aliphatic heterocycles. The summed E-state index contributed by atoms with van der Waals surface area (Å²) in [5.74, 6) is 1.04. The van der Waals surface area contributed by atoms with Gasteiger partial charge in [0.15, 0.2) is 5.96 Å². The number of rotatable bonds is 4. The van der Waals surface area contributed by atoms with Crippen LogP contribution in [0.25, 0.3) is 6.08 Å². The summed E-state index contributed by atoms with van der Waals surface area (Å²) < 4.78 is 0. The average Bonchev–Trinajstić information content (AvgIpc) is 2.57. The van der Waals surface area contributed by atoms with E-state index in [1.807, 2.05) is 18.8 Å². The molecule has 1 heterocycles. The lowest BCUT2D eigenvalue weighted by molar-refractivity contribution is 0.376. The summed E-state index contributed by atoms with van der Waals surface area (Å²) in [7, 11) is 1.88. The van der Waals surface area contributed by atoms with Gasteiger partial charge in [-0.05, 0) is 24.7 Å². The third-order valence-electron chi connectivity index (χ3n) is 4.04. The first-order chi connectivity index (χ1) is 10.7. The van der Waals surface area contributed by atoms with Gasteiger partial charge >= 0.3 is 0 Å². The number of piperidine rings is 1. The Morgan fingerprint density at radius 1 is 1.32 bits per heavy atom. The van der Waals surface area contributed by atoms with Gasteiger partial charge in [-0.2, -0.15) is 11.8 Å². The number of nitrogens with zero attached hydrogens (tertiary/aromatic N) is 2. The van der Waals surface area contributed by atoms with E-state index in [9.17, 15) is 0 Å². The standard InChI is InChI=1S/C18H27N3S/c1-15(22-3)14-20-18(19-2)21-11-9-17(10-12-21)13-16-7-5-4-6-8-16/h4-8,13,15H,9-12,14H2,1-3H3,(H,19,20). The largest absolute Gasteiger partial charge is 0.355 e. The van der Waals surface area contributed by atoms with Gasteiger partial charge in [-0.3, -0.25) is 4.99 Å². The Morgan fingerprint density at radius 3 is 2.59 bits per heavy atom. The Balaban J connectivity index is 1.87. The van der Waals surface area contributed by atoms with E-state index >= 15 is 0 Å². The zero-order chi connectivity index (χ0) is 15.8. The summed E-state index contributed by atoms with van der Waals surface area (Å²) in [5.41, 5.74) is 2.85. The smallest absolute Gasteiger partial charge is 0.193 e. The first kappa shape index (κ1) is 16.9. The predicted octanol–water partition coefficient (Wildman–Crippen LogP) is 3.49. The maximum Gasteiger partial charge on any atom is 0.193 e. The van der Waals surface area contributed by atoms with Gasteiger partial charge in [0.1, 0.15) is 0 Å². The Labute approximate surface area is 138 Å². The number of benzene rings is 1. The molecule has 1 fully saturated rings. The monoisotopic (exact) mass is 317 g/mol. The van der Waals surface area contributed by atoms with E-state index in [1.165, 1.54) is 11.1 Å². The van der Waals surface area contributed by atoms with Crippen LogP contribution in [0.3, 0.4) is 0 Å². The molecule has 1 aromatic carbocycles. The topological polar surface area (TPSA) is 27.6 Å². The van der Waals surface area contributed by atoms with Crippen LogP contribution >= 0.6 is 11.8 Å². The van der Waals surface area contributed by atoms with Crippen LogP contribution in [-0.2, 0) is 0 Å². The molecule has 0 spiro atoms. The minimum atomic E-state index is 0.607. The molecule has 1 aromatic rings. The van der Waals surface area contributed by atoms with Gasteiger partial charge in [-0.15, -0.1) is 0 Å². The predicted molar refractivity (Wildman–Crippen MR) is 99.6 cm³/mol. The highest BCUT2D eigenvalue weighted by molar-refractivity contribution is 7.99. The quantitative estimate of drug-likeness (QED) is 0.680. The Hall–Kier alpha value is -1.42. The highest BCUT2D eigenvalue weighted by atomic mass is 32.2. The first-order valence-corrected chi connectivity index (χ1v) is 9.24. The summed E-state index contributed by atoms with van der Waals surface area (Å²) in [5, 5.41) is 4.10. The molecule has 1 unspecified atom stereocenters. The van der Waals surface area contributed by atoms with Gasteiger partial charge in [0.05, 0.1) is 0 Å². The van der Waals surface area contributed by atoms with Crippen molar-refractivity contribution in [3.05, 3.63) is 41.5 Å². The van der Waals surface area contributed by atoms with Crippen LogP contribution in [0.4, 0.5) is 0 Å². The minimum Gasteiger partial charge on any atom is -0.355 e. The number of hydrogen-bond acceptors (Lipinski definition) is 2. The summed E-state index contributed by atoms with van der Waals surface area (Å²) in [4.78, 5) is 6.80. The summed E-state index contributed by atoms with van der Waals surface area (Å²) >= 11 is 1.88. The molecule has 0 saturated carbocycles. The molecule has 2 rings (SSSR count). The molecule has 1 atom stereocenters. The van der Waals surface area contributed by atoms with Crippen molar-refractivity contribution < 1.29 is 0 Å². The normalized spacial score (nSPS) is 17.3. The fourth-order valence-electron chi connectivity index (χ4n) is 2.59. The number of likely N-dealkylation sites (tertiary alicyclic amines) is 1. The Morgan fingerprint density at radius 2 is 2.00 bits per heavy atom. The molecule has 1 aliphatic rings. The number of thioether (sulfide) groups is 1. The van der Waals surface area contributed by atoms with E-state index in [0.29, 0.717) is 5.25 Å². The molecule has 3 nitrogen and oxygen atoms in total. The first-order valence-electron chi connectivity index (χ1n) is 7.96. The van der Waals surface area contributed by atoms with Crippen LogP contribution in [0.1, 0.15) is 25.3 Å². The van der Waals surface area contributed by atoms with Crippen molar-refractivity contribution >= 4 is 23.8 Å². The zero-order valence-corrected chi connectivity index (χ0v) is 14.7. The van der Waals surface area contributed by atoms with Crippen LogP contribution in [0, 0.1) is 0 Å². The molecule has 4 heteroatoms. The van der Waals surface area contributed by atoms with Crippen molar-refractivity contribution in [2.45, 2.75) is 25.0 Å². The highest BCUT2D eigenvalue weighted by Crippen LogP contribution is 2.19. The molecular weight excluding hydrogens is 290 g/mol. The maximum absolute atomic E-state index is 4.43. The molecule has 0 amide bonds. The van der Waals surface area contributed by atoms with Crippen molar-refractivity contribution in [2.24, 2.45) is 4.99 Å². The van der Waals surface area contributed by atoms with Crippen LogP contribution in [0.15, 0.2) is 40.9 Å². The second kappa shape index (κ2) is 8.89. The van der Waals surface area contributed by atoms with Gasteiger partial charge < -0.3 is 10.2 Å². The fourth-order valence-corrected chi connectivity index (χ4v) is 2.84. The second-order valence-corrected chi connectivity index (χ2v) is 6.95. The van der Waals surface area contributed by atoms with Crippen molar-refractivity contribution in [3.8, 4) is 0 Å². The van der Waals surface area contributed by atoms with Crippen molar-refractivity contribution in [1.82, 2.24) is 10.2 Å². The van der Waals surface area contributed by atoms with E-state index < -0.39 is 0 Å². The van der Waals surface area contributed by atoms with Crippen molar-refractivity contribution in [2.75, 3.05) is 32.9 Å². The molecule has 22 heavy (non-hydrogen) atoms. The lowest BCUT2D eigenvalue weighted by Crippen LogP contribution is -2.45. The van der Waals surface area contributed by atoms with Gasteiger partial charge in [0.25, 0.3) is 0 Å². The van der Waals surface area contributed by atoms with Crippen LogP contribution in [0.5, 0.6) is 0 Å². The van der Waals surface area contributed by atoms with Gasteiger partial charge in [0, 0.05) is 31.9 Å². The molecule has 0 aromatic heterocycles. The van der Waals surface area contributed by atoms with Gasteiger partial charge in [-0.25, -0.2) is 0 Å². The number of hydrogen-bond donors (Lipinski definition) is 1. The SMILES string of the molecule is CN=C(NCC(C)SC)N1CCC(=Cc2ccccc2)CC1. The Kier molecular flexibility index (Phi) is 6.84. The summed E-state index contributed by atoms with van der Waals surface area (Å²) in [6, 6.07) is 10.6. The van der Waals surface area contributed by atoms with E-state index in [0.717, 1.165) is 38.4 Å². The Bertz CT molecular complexity index is 500. The van der Waals surface area contributed by atoms with Gasteiger partial charge in [0.2, 0.25) is 0 Å². The second-order valence-electron chi connectivity index (χ2n) is 5.67. The molecule has 120 valence electrons. The molecule has 1 saturated heterocycles. The van der Waals surface area contributed by atoms with Gasteiger partial charge in [-0.1, -0.05) is 48.9 Å². The van der Waals surface area contributed by atoms with E-state index in [1.54, 1.807) is 0 Å². The highest BCUT2D eigenvalue weighted by Gasteiger charge is 2.17. The number of guanidine groups is 1. The fraction of sp³-hybridized carbons (Fsp3) is 0.500. The molecular formula is C18H27N3S.